The Morgan fingerprint density at radius 3 is 2.54 bits per heavy atom. The van der Waals surface area contributed by atoms with E-state index in [9.17, 15) is 18.8 Å². The van der Waals surface area contributed by atoms with Crippen molar-refractivity contribution in [1.82, 2.24) is 9.80 Å². The van der Waals surface area contributed by atoms with E-state index in [1.165, 1.54) is 12.1 Å². The molecule has 0 aliphatic carbocycles. The normalized spacial score (nSPS) is 21.5. The molecule has 7 nitrogen and oxygen atoms in total. The molecule has 0 saturated carbocycles. The number of likely N-dealkylation sites (tertiary alicyclic amines) is 2. The number of rotatable bonds is 3. The molecule has 0 aromatic heterocycles. The molecule has 0 bridgehead atoms. The number of carbonyl (C=O) groups is 3. The Kier molecular flexibility index (Phi) is 6.45. The fraction of sp³-hybridized carbons (Fsp3) is 0.444. The molecule has 3 aliphatic rings. The first-order valence-corrected chi connectivity index (χ1v) is 12.3. The number of hydrogen-bond acceptors (Lipinski definition) is 4. The molecule has 184 valence electrons. The highest BCUT2D eigenvalue weighted by Gasteiger charge is 2.43. The van der Waals surface area contributed by atoms with Crippen molar-refractivity contribution >= 4 is 23.4 Å². The number of nitrogens with zero attached hydrogens (tertiary/aromatic N) is 2. The summed E-state index contributed by atoms with van der Waals surface area (Å²) in [6.07, 6.45) is 3.17. The molecule has 8 heteroatoms. The van der Waals surface area contributed by atoms with Crippen LogP contribution in [0.25, 0.3) is 0 Å². The summed E-state index contributed by atoms with van der Waals surface area (Å²) in [6, 6.07) is 13.4. The van der Waals surface area contributed by atoms with Crippen molar-refractivity contribution in [2.45, 2.75) is 44.1 Å². The van der Waals surface area contributed by atoms with E-state index in [1.807, 2.05) is 29.2 Å². The number of para-hydroxylation sites is 2. The van der Waals surface area contributed by atoms with Crippen molar-refractivity contribution in [1.29, 1.82) is 0 Å². The standard InChI is InChI=1S/C27H30FN3O4/c28-21-9-7-19(8-10-21)16-25(33)31-13-3-4-20(18-31)26(34)30-14-11-27(12-15-30)17-24(32)29-22-5-1-2-6-23(22)35-27/h1-2,5-10,20H,3-4,11-18H2,(H,29,32). The lowest BCUT2D eigenvalue weighted by molar-refractivity contribution is -0.143. The number of fused-ring (bicyclic) bond motifs is 1. The number of piperidine rings is 2. The van der Waals surface area contributed by atoms with E-state index in [2.05, 4.69) is 5.32 Å². The summed E-state index contributed by atoms with van der Waals surface area (Å²) in [5.41, 5.74) is 0.831. The fourth-order valence-electron chi connectivity index (χ4n) is 5.38. The molecule has 1 unspecified atom stereocenters. The van der Waals surface area contributed by atoms with Crippen LogP contribution in [0.3, 0.4) is 0 Å². The van der Waals surface area contributed by atoms with Crippen LogP contribution < -0.4 is 10.1 Å². The van der Waals surface area contributed by atoms with Gasteiger partial charge in [-0.05, 0) is 42.7 Å². The van der Waals surface area contributed by atoms with Gasteiger partial charge in [-0.25, -0.2) is 4.39 Å². The lowest BCUT2D eigenvalue weighted by Gasteiger charge is -2.42. The Morgan fingerprint density at radius 2 is 1.77 bits per heavy atom. The Labute approximate surface area is 204 Å². The molecule has 5 rings (SSSR count). The number of ether oxygens (including phenoxy) is 1. The van der Waals surface area contributed by atoms with Crippen LogP contribution in [-0.4, -0.2) is 59.3 Å². The van der Waals surface area contributed by atoms with Crippen LogP contribution in [0.15, 0.2) is 48.5 Å². The van der Waals surface area contributed by atoms with Crippen LogP contribution in [0.5, 0.6) is 5.75 Å². The summed E-state index contributed by atoms with van der Waals surface area (Å²) in [5.74, 6) is 0.0696. The van der Waals surface area contributed by atoms with E-state index in [4.69, 9.17) is 4.74 Å². The fourth-order valence-corrected chi connectivity index (χ4v) is 5.38. The largest absolute Gasteiger partial charge is 0.484 e. The minimum absolute atomic E-state index is 0.0387. The lowest BCUT2D eigenvalue weighted by atomic mass is 9.86. The van der Waals surface area contributed by atoms with Crippen molar-refractivity contribution < 1.29 is 23.5 Å². The van der Waals surface area contributed by atoms with Gasteiger partial charge in [0.15, 0.2) is 0 Å². The van der Waals surface area contributed by atoms with Gasteiger partial charge in [0.05, 0.1) is 24.4 Å². The molecule has 2 fully saturated rings. The predicted molar refractivity (Wildman–Crippen MR) is 128 cm³/mol. The zero-order valence-electron chi connectivity index (χ0n) is 19.7. The van der Waals surface area contributed by atoms with Gasteiger partial charge in [-0.15, -0.1) is 0 Å². The SMILES string of the molecule is O=C1CC2(CCN(C(=O)C3CCCN(C(=O)Cc4ccc(F)cc4)C3)CC2)Oc2ccccc2N1. The Bertz CT molecular complexity index is 1110. The molecule has 35 heavy (non-hydrogen) atoms. The molecular weight excluding hydrogens is 449 g/mol. The molecular formula is C27H30FN3O4. The number of amides is 3. The van der Waals surface area contributed by atoms with Crippen molar-refractivity contribution in [2.75, 3.05) is 31.5 Å². The quantitative estimate of drug-likeness (QED) is 0.732. The van der Waals surface area contributed by atoms with Gasteiger partial charge in [0, 0.05) is 39.0 Å². The van der Waals surface area contributed by atoms with Crippen LogP contribution in [0.2, 0.25) is 0 Å². The molecule has 3 aliphatic heterocycles. The molecule has 2 aromatic carbocycles. The van der Waals surface area contributed by atoms with E-state index in [1.54, 1.807) is 17.0 Å². The third-order valence-corrected chi connectivity index (χ3v) is 7.35. The molecule has 2 aromatic rings. The second-order valence-corrected chi connectivity index (χ2v) is 9.81. The lowest BCUT2D eigenvalue weighted by Crippen LogP contribution is -2.53. The zero-order chi connectivity index (χ0) is 24.4. The highest BCUT2D eigenvalue weighted by Crippen LogP contribution is 2.38. The molecule has 1 spiro atoms. The van der Waals surface area contributed by atoms with E-state index in [0.717, 1.165) is 18.4 Å². The van der Waals surface area contributed by atoms with Gasteiger partial charge in [0.25, 0.3) is 0 Å². The van der Waals surface area contributed by atoms with E-state index < -0.39 is 5.60 Å². The number of hydrogen-bond donors (Lipinski definition) is 1. The van der Waals surface area contributed by atoms with Crippen LogP contribution in [0.4, 0.5) is 10.1 Å². The van der Waals surface area contributed by atoms with Crippen molar-refractivity contribution in [2.24, 2.45) is 5.92 Å². The highest BCUT2D eigenvalue weighted by molar-refractivity contribution is 5.94. The number of benzene rings is 2. The summed E-state index contributed by atoms with van der Waals surface area (Å²) in [6.45, 7) is 2.09. The Balaban J connectivity index is 1.19. The van der Waals surface area contributed by atoms with Gasteiger partial charge in [0.2, 0.25) is 17.7 Å². The number of carbonyl (C=O) groups excluding carboxylic acids is 3. The molecule has 0 radical (unpaired) electrons. The zero-order valence-corrected chi connectivity index (χ0v) is 19.7. The second kappa shape index (κ2) is 9.68. The first-order valence-electron chi connectivity index (χ1n) is 12.3. The summed E-state index contributed by atoms with van der Waals surface area (Å²) < 4.78 is 19.5. The van der Waals surface area contributed by atoms with E-state index in [0.29, 0.717) is 50.5 Å². The molecule has 3 amide bonds. The Hall–Kier alpha value is -3.42. The topological polar surface area (TPSA) is 79.0 Å². The molecule has 2 saturated heterocycles. The van der Waals surface area contributed by atoms with Gasteiger partial charge in [-0.2, -0.15) is 0 Å². The minimum atomic E-state index is -0.614. The maximum atomic E-state index is 13.3. The first kappa shape index (κ1) is 23.3. The van der Waals surface area contributed by atoms with Gasteiger partial charge in [-0.1, -0.05) is 24.3 Å². The monoisotopic (exact) mass is 479 g/mol. The van der Waals surface area contributed by atoms with E-state index >= 15 is 0 Å². The number of halogens is 1. The summed E-state index contributed by atoms with van der Waals surface area (Å²) in [7, 11) is 0. The van der Waals surface area contributed by atoms with Gasteiger partial charge >= 0.3 is 0 Å². The van der Waals surface area contributed by atoms with Gasteiger partial charge in [0.1, 0.15) is 17.2 Å². The maximum absolute atomic E-state index is 13.3. The van der Waals surface area contributed by atoms with Crippen molar-refractivity contribution in [3.05, 3.63) is 59.9 Å². The van der Waals surface area contributed by atoms with Gasteiger partial charge in [-0.3, -0.25) is 14.4 Å². The predicted octanol–water partition coefficient (Wildman–Crippen LogP) is 3.39. The summed E-state index contributed by atoms with van der Waals surface area (Å²) in [4.78, 5) is 42.3. The van der Waals surface area contributed by atoms with Crippen LogP contribution >= 0.6 is 0 Å². The average Bonchev–Trinajstić information content (AvgIpc) is 3.00. The maximum Gasteiger partial charge on any atom is 0.228 e. The van der Waals surface area contributed by atoms with Crippen LogP contribution in [0, 0.1) is 11.7 Å². The van der Waals surface area contributed by atoms with Crippen molar-refractivity contribution in [3.8, 4) is 5.75 Å². The first-order chi connectivity index (χ1) is 16.9. The molecule has 3 heterocycles. The molecule has 1 atom stereocenters. The number of anilines is 1. The highest BCUT2D eigenvalue weighted by atomic mass is 19.1. The number of nitrogens with one attached hydrogen (secondary N) is 1. The van der Waals surface area contributed by atoms with Gasteiger partial charge < -0.3 is 19.9 Å². The molecule has 1 N–H and O–H groups in total. The third-order valence-electron chi connectivity index (χ3n) is 7.35. The summed E-state index contributed by atoms with van der Waals surface area (Å²) in [5, 5.41) is 2.91. The Morgan fingerprint density at radius 1 is 1.03 bits per heavy atom. The van der Waals surface area contributed by atoms with Crippen LogP contribution in [-0.2, 0) is 20.8 Å². The average molecular weight is 480 g/mol. The van der Waals surface area contributed by atoms with E-state index in [-0.39, 0.29) is 42.3 Å². The minimum Gasteiger partial charge on any atom is -0.484 e. The van der Waals surface area contributed by atoms with Crippen LogP contribution in [0.1, 0.15) is 37.7 Å². The smallest absolute Gasteiger partial charge is 0.228 e. The third kappa shape index (κ3) is 5.16. The second-order valence-electron chi connectivity index (χ2n) is 9.81. The van der Waals surface area contributed by atoms with Crippen molar-refractivity contribution in [3.63, 3.8) is 0 Å². The summed E-state index contributed by atoms with van der Waals surface area (Å²) >= 11 is 0.